The summed E-state index contributed by atoms with van der Waals surface area (Å²) in [4.78, 5) is 17.1. The minimum atomic E-state index is -3.21. The first-order chi connectivity index (χ1) is 6.37. The number of hydrogen-bond donors (Lipinski definition) is 2. The molecule has 0 bridgehead atoms. The molecule has 1 rings (SSSR count). The smallest absolute Gasteiger partial charge is 0.205 e. The van der Waals surface area contributed by atoms with Crippen LogP contribution in [-0.4, -0.2) is 9.79 Å². The Morgan fingerprint density at radius 2 is 1.21 bits per heavy atom. The Bertz CT molecular complexity index is 351. The molecule has 0 saturated heterocycles. The van der Waals surface area contributed by atoms with Crippen LogP contribution in [0.1, 0.15) is 5.56 Å². The lowest BCUT2D eigenvalue weighted by Gasteiger charge is -2.09. The summed E-state index contributed by atoms with van der Waals surface area (Å²) in [6.45, 7) is 0.845. The molecule has 2 nitrogen and oxygen atoms in total. The summed E-state index contributed by atoms with van der Waals surface area (Å²) in [5, 5.41) is -1.36. The van der Waals surface area contributed by atoms with Gasteiger partial charge in [-0.05, 0) is 6.92 Å². The SMILES string of the molecule is Cc1c(F)c(F)c(P(O)O)c(F)c1F. The highest BCUT2D eigenvalue weighted by molar-refractivity contribution is 7.54. The minimum Gasteiger partial charge on any atom is -0.346 e. The number of benzene rings is 1. The fraction of sp³-hybridized carbons (Fsp3) is 0.143. The Hall–Kier alpha value is -0.710. The summed E-state index contributed by atoms with van der Waals surface area (Å²) in [5.74, 6) is -6.76. The molecular weight excluding hydrogens is 223 g/mol. The van der Waals surface area contributed by atoms with Crippen molar-refractivity contribution in [1.29, 1.82) is 0 Å². The molecule has 0 aliphatic carbocycles. The molecule has 14 heavy (non-hydrogen) atoms. The van der Waals surface area contributed by atoms with Gasteiger partial charge in [0.25, 0.3) is 0 Å². The lowest BCUT2D eigenvalue weighted by Crippen LogP contribution is -2.18. The van der Waals surface area contributed by atoms with E-state index in [4.69, 9.17) is 9.79 Å². The van der Waals surface area contributed by atoms with Gasteiger partial charge in [0.2, 0.25) is 8.38 Å². The maximum Gasteiger partial charge on any atom is 0.205 e. The van der Waals surface area contributed by atoms with Crippen LogP contribution in [0.3, 0.4) is 0 Å². The van der Waals surface area contributed by atoms with Crippen molar-refractivity contribution < 1.29 is 27.3 Å². The molecule has 7 heteroatoms. The van der Waals surface area contributed by atoms with E-state index < -0.39 is 42.5 Å². The summed E-state index contributed by atoms with van der Waals surface area (Å²) in [7, 11) is -3.21. The van der Waals surface area contributed by atoms with Crippen LogP contribution in [0.4, 0.5) is 17.6 Å². The van der Waals surface area contributed by atoms with Crippen molar-refractivity contribution in [3.05, 3.63) is 28.8 Å². The predicted octanol–water partition coefficient (Wildman–Crippen LogP) is 1.47. The topological polar surface area (TPSA) is 40.5 Å². The quantitative estimate of drug-likeness (QED) is 0.434. The summed E-state index contributed by atoms with van der Waals surface area (Å²) < 4.78 is 51.3. The van der Waals surface area contributed by atoms with Crippen LogP contribution in [-0.2, 0) is 0 Å². The Balaban J connectivity index is 3.60. The molecule has 1 aromatic carbocycles. The second kappa shape index (κ2) is 3.81. The minimum absolute atomic E-state index is 0.833. The van der Waals surface area contributed by atoms with Crippen molar-refractivity contribution in [2.75, 3.05) is 0 Å². The standard InChI is InChI=1S/C7H5F4O2P/c1-2-3(8)5(10)7(14(12)13)6(11)4(2)9/h12-13H,1H3. The lowest BCUT2D eigenvalue weighted by atomic mass is 10.2. The van der Waals surface area contributed by atoms with Gasteiger partial charge in [0, 0.05) is 5.56 Å². The van der Waals surface area contributed by atoms with E-state index in [-0.39, 0.29) is 0 Å². The third kappa shape index (κ3) is 1.61. The highest BCUT2D eigenvalue weighted by atomic mass is 31.2. The molecule has 0 heterocycles. The molecule has 2 N–H and O–H groups in total. The summed E-state index contributed by atoms with van der Waals surface area (Å²) in [6.07, 6.45) is 0. The monoisotopic (exact) mass is 228 g/mol. The van der Waals surface area contributed by atoms with Gasteiger partial charge < -0.3 is 9.79 Å². The van der Waals surface area contributed by atoms with E-state index in [2.05, 4.69) is 0 Å². The summed E-state index contributed by atoms with van der Waals surface area (Å²) in [5.41, 5.74) is -0.833. The average molecular weight is 228 g/mol. The van der Waals surface area contributed by atoms with Crippen molar-refractivity contribution in [2.45, 2.75) is 6.92 Å². The molecule has 0 aliphatic rings. The van der Waals surface area contributed by atoms with Gasteiger partial charge in [-0.1, -0.05) is 0 Å². The van der Waals surface area contributed by atoms with E-state index in [0.717, 1.165) is 6.92 Å². The molecular formula is C7H5F4O2P. The molecule has 0 atom stereocenters. The Kier molecular flexibility index (Phi) is 3.09. The van der Waals surface area contributed by atoms with Crippen LogP contribution < -0.4 is 5.30 Å². The maximum atomic E-state index is 12.9. The van der Waals surface area contributed by atoms with Gasteiger partial charge in [0.1, 0.15) is 5.30 Å². The fourth-order valence-corrected chi connectivity index (χ4v) is 1.45. The zero-order chi connectivity index (χ0) is 11.0. The molecule has 0 amide bonds. The van der Waals surface area contributed by atoms with Crippen molar-refractivity contribution >= 4 is 13.7 Å². The van der Waals surface area contributed by atoms with E-state index in [0.29, 0.717) is 0 Å². The zero-order valence-corrected chi connectivity index (χ0v) is 7.75. The molecule has 0 radical (unpaired) electrons. The molecule has 0 spiro atoms. The first kappa shape index (κ1) is 11.4. The van der Waals surface area contributed by atoms with Crippen LogP contribution in [0.15, 0.2) is 0 Å². The summed E-state index contributed by atoms with van der Waals surface area (Å²) in [6, 6.07) is 0. The van der Waals surface area contributed by atoms with Crippen LogP contribution in [0.2, 0.25) is 0 Å². The molecule has 0 aliphatic heterocycles. The zero-order valence-electron chi connectivity index (χ0n) is 6.85. The van der Waals surface area contributed by atoms with E-state index in [1.165, 1.54) is 0 Å². The predicted molar refractivity (Wildman–Crippen MR) is 42.0 cm³/mol. The first-order valence-electron chi connectivity index (χ1n) is 3.38. The van der Waals surface area contributed by atoms with Gasteiger partial charge in [-0.2, -0.15) is 0 Å². The molecule has 0 fully saturated rings. The van der Waals surface area contributed by atoms with Crippen LogP contribution in [0, 0.1) is 30.2 Å². The van der Waals surface area contributed by atoms with E-state index >= 15 is 0 Å². The third-order valence-corrected chi connectivity index (χ3v) is 2.45. The second-order valence-electron chi connectivity index (χ2n) is 2.52. The Labute approximate surface area is 77.7 Å². The van der Waals surface area contributed by atoms with Gasteiger partial charge in [0.05, 0.1) is 0 Å². The average Bonchev–Trinajstić information content (AvgIpc) is 2.11. The molecule has 0 aromatic heterocycles. The Morgan fingerprint density at radius 1 is 0.857 bits per heavy atom. The van der Waals surface area contributed by atoms with E-state index in [1.807, 2.05) is 0 Å². The van der Waals surface area contributed by atoms with Crippen LogP contribution >= 0.6 is 8.38 Å². The fourth-order valence-electron chi connectivity index (χ4n) is 0.905. The summed E-state index contributed by atoms with van der Waals surface area (Å²) >= 11 is 0. The Morgan fingerprint density at radius 3 is 1.50 bits per heavy atom. The van der Waals surface area contributed by atoms with Gasteiger partial charge >= 0.3 is 0 Å². The molecule has 0 unspecified atom stereocenters. The number of rotatable bonds is 1. The molecule has 1 aromatic rings. The normalized spacial score (nSPS) is 11.1. The van der Waals surface area contributed by atoms with Gasteiger partial charge in [-0.15, -0.1) is 0 Å². The van der Waals surface area contributed by atoms with E-state index in [1.54, 1.807) is 0 Å². The second-order valence-corrected chi connectivity index (χ2v) is 3.55. The molecule has 78 valence electrons. The maximum absolute atomic E-state index is 12.9. The van der Waals surface area contributed by atoms with Crippen molar-refractivity contribution in [3.63, 3.8) is 0 Å². The largest absolute Gasteiger partial charge is 0.346 e. The van der Waals surface area contributed by atoms with Crippen molar-refractivity contribution in [1.82, 2.24) is 0 Å². The first-order valence-corrected chi connectivity index (χ1v) is 4.63. The van der Waals surface area contributed by atoms with Crippen molar-refractivity contribution in [3.8, 4) is 0 Å². The van der Waals surface area contributed by atoms with Gasteiger partial charge in [-0.3, -0.25) is 0 Å². The lowest BCUT2D eigenvalue weighted by molar-refractivity contribution is 0.442. The molecule has 0 saturated carbocycles. The van der Waals surface area contributed by atoms with Crippen LogP contribution in [0.25, 0.3) is 0 Å². The number of hydrogen-bond acceptors (Lipinski definition) is 2. The third-order valence-electron chi connectivity index (χ3n) is 1.66. The highest BCUT2D eigenvalue weighted by Gasteiger charge is 2.27. The van der Waals surface area contributed by atoms with E-state index in [9.17, 15) is 17.6 Å². The highest BCUT2D eigenvalue weighted by Crippen LogP contribution is 2.29. The number of halogens is 4. The van der Waals surface area contributed by atoms with Gasteiger partial charge in [-0.25, -0.2) is 17.6 Å². The van der Waals surface area contributed by atoms with Crippen LogP contribution in [0.5, 0.6) is 0 Å². The van der Waals surface area contributed by atoms with Crippen molar-refractivity contribution in [2.24, 2.45) is 0 Å². The van der Waals surface area contributed by atoms with Gasteiger partial charge in [0.15, 0.2) is 23.3 Å².